The second kappa shape index (κ2) is 8.50. The number of hydrogen-bond donors (Lipinski definition) is 1. The SMILES string of the molecule is CC(=O)OCCCCn1c([S+](C)[O-])c(C(C)C)c(=O)[nH]c1=S. The minimum Gasteiger partial charge on any atom is -0.610 e. The monoisotopic (exact) mass is 346 g/mol. The van der Waals surface area contributed by atoms with E-state index in [0.29, 0.717) is 36.6 Å². The summed E-state index contributed by atoms with van der Waals surface area (Å²) in [5, 5.41) is 0.483. The summed E-state index contributed by atoms with van der Waals surface area (Å²) in [5.74, 6) is -0.358. The van der Waals surface area contributed by atoms with Crippen molar-refractivity contribution < 1.29 is 14.1 Å². The molecule has 0 aliphatic carbocycles. The highest BCUT2D eigenvalue weighted by molar-refractivity contribution is 7.90. The lowest BCUT2D eigenvalue weighted by molar-refractivity contribution is -0.141. The topological polar surface area (TPSA) is 87.2 Å². The molecule has 0 aromatic carbocycles. The average Bonchev–Trinajstić information content (AvgIpc) is 2.38. The zero-order valence-electron chi connectivity index (χ0n) is 13.3. The lowest BCUT2D eigenvalue weighted by Crippen LogP contribution is -2.26. The zero-order chi connectivity index (χ0) is 16.9. The van der Waals surface area contributed by atoms with Crippen LogP contribution in [0, 0.1) is 4.77 Å². The Labute approximate surface area is 138 Å². The Kier molecular flexibility index (Phi) is 7.31. The molecule has 0 bridgehead atoms. The quantitative estimate of drug-likeness (QED) is 0.269. The number of aromatic nitrogens is 2. The van der Waals surface area contributed by atoms with Gasteiger partial charge in [0.05, 0.1) is 12.2 Å². The molecular weight excluding hydrogens is 324 g/mol. The summed E-state index contributed by atoms with van der Waals surface area (Å²) in [6, 6.07) is 0. The van der Waals surface area contributed by atoms with Crippen LogP contribution in [-0.2, 0) is 27.3 Å². The van der Waals surface area contributed by atoms with Crippen molar-refractivity contribution in [3.05, 3.63) is 20.7 Å². The second-order valence-corrected chi connectivity index (χ2v) is 6.97. The van der Waals surface area contributed by atoms with E-state index in [1.54, 1.807) is 10.8 Å². The van der Waals surface area contributed by atoms with Gasteiger partial charge < -0.3 is 9.29 Å². The van der Waals surface area contributed by atoms with Gasteiger partial charge in [-0.3, -0.25) is 19.1 Å². The Balaban J connectivity index is 3.03. The molecule has 1 aromatic heterocycles. The lowest BCUT2D eigenvalue weighted by atomic mass is 10.1. The van der Waals surface area contributed by atoms with E-state index in [1.807, 2.05) is 13.8 Å². The van der Waals surface area contributed by atoms with Crippen molar-refractivity contribution in [2.75, 3.05) is 12.9 Å². The Morgan fingerprint density at radius 2 is 2.09 bits per heavy atom. The van der Waals surface area contributed by atoms with E-state index in [9.17, 15) is 14.1 Å². The van der Waals surface area contributed by atoms with Crippen molar-refractivity contribution in [2.45, 2.75) is 51.1 Å². The van der Waals surface area contributed by atoms with Crippen molar-refractivity contribution in [1.82, 2.24) is 9.55 Å². The van der Waals surface area contributed by atoms with Crippen LogP contribution in [0.3, 0.4) is 0 Å². The summed E-state index contributed by atoms with van der Waals surface area (Å²) < 4.78 is 19.0. The molecule has 1 aromatic rings. The van der Waals surface area contributed by atoms with Gasteiger partial charge in [0.15, 0.2) is 4.77 Å². The Morgan fingerprint density at radius 3 is 2.59 bits per heavy atom. The molecule has 1 heterocycles. The van der Waals surface area contributed by atoms with Gasteiger partial charge in [0.2, 0.25) is 5.03 Å². The summed E-state index contributed by atoms with van der Waals surface area (Å²) >= 11 is 3.88. The maximum absolute atomic E-state index is 12.1. The Morgan fingerprint density at radius 1 is 1.45 bits per heavy atom. The minimum atomic E-state index is -1.32. The number of aromatic amines is 1. The molecule has 124 valence electrons. The number of carbonyl (C=O) groups excluding carboxylic acids is 1. The first-order valence-corrected chi connectivity index (χ1v) is 9.06. The van der Waals surface area contributed by atoms with Crippen LogP contribution in [0.2, 0.25) is 0 Å². The van der Waals surface area contributed by atoms with Crippen molar-refractivity contribution >= 4 is 29.4 Å². The smallest absolute Gasteiger partial charge is 0.302 e. The van der Waals surface area contributed by atoms with E-state index in [1.165, 1.54) is 6.92 Å². The van der Waals surface area contributed by atoms with Crippen LogP contribution in [0.15, 0.2) is 9.82 Å². The second-order valence-electron chi connectivity index (χ2n) is 5.29. The number of ether oxygens (including phenoxy) is 1. The van der Waals surface area contributed by atoms with Crippen LogP contribution in [0.25, 0.3) is 0 Å². The first kappa shape index (κ1) is 18.9. The standard InChI is InChI=1S/C14H22N2O4S2/c1-9(2)11-12(18)15-14(21)16(13(11)22(4)19)7-5-6-8-20-10(3)17/h9H,5-8H2,1-4H3,(H,15,18,21). The van der Waals surface area contributed by atoms with E-state index >= 15 is 0 Å². The van der Waals surface area contributed by atoms with E-state index in [2.05, 4.69) is 4.98 Å². The molecule has 0 aliphatic rings. The third-order valence-corrected chi connectivity index (χ3v) is 4.42. The summed E-state index contributed by atoms with van der Waals surface area (Å²) in [7, 11) is 0. The third-order valence-electron chi connectivity index (χ3n) is 3.12. The number of nitrogens with one attached hydrogen (secondary N) is 1. The van der Waals surface area contributed by atoms with E-state index < -0.39 is 11.2 Å². The highest BCUT2D eigenvalue weighted by Crippen LogP contribution is 2.20. The Bertz CT molecular complexity index is 635. The number of unbranched alkanes of at least 4 members (excludes halogenated alkanes) is 1. The average molecular weight is 346 g/mol. The Hall–Kier alpha value is -1.12. The number of esters is 1. The number of rotatable bonds is 7. The summed E-state index contributed by atoms with van der Waals surface area (Å²) in [4.78, 5) is 25.4. The fourth-order valence-electron chi connectivity index (χ4n) is 2.18. The predicted molar refractivity (Wildman–Crippen MR) is 88.2 cm³/mol. The molecule has 0 aliphatic heterocycles. The summed E-state index contributed by atoms with van der Waals surface area (Å²) in [5.41, 5.74) is 0.232. The largest absolute Gasteiger partial charge is 0.610 e. The molecule has 0 radical (unpaired) electrons. The van der Waals surface area contributed by atoms with Crippen molar-refractivity contribution in [3.8, 4) is 0 Å². The van der Waals surface area contributed by atoms with Gasteiger partial charge in [0.1, 0.15) is 6.26 Å². The van der Waals surface area contributed by atoms with Gasteiger partial charge in [-0.25, -0.2) is 0 Å². The van der Waals surface area contributed by atoms with Crippen LogP contribution < -0.4 is 5.56 Å². The number of carbonyl (C=O) groups is 1. The normalized spacial score (nSPS) is 12.5. The molecule has 8 heteroatoms. The predicted octanol–water partition coefficient (Wildman–Crippen LogP) is 2.11. The fourth-order valence-corrected chi connectivity index (χ4v) is 3.64. The molecule has 0 fully saturated rings. The van der Waals surface area contributed by atoms with Gasteiger partial charge in [0, 0.05) is 24.6 Å². The van der Waals surface area contributed by atoms with E-state index in [-0.39, 0.29) is 22.2 Å². The molecule has 1 unspecified atom stereocenters. The lowest BCUT2D eigenvalue weighted by Gasteiger charge is -2.18. The molecule has 0 saturated carbocycles. The molecule has 1 N–H and O–H groups in total. The van der Waals surface area contributed by atoms with Gasteiger partial charge in [-0.2, -0.15) is 0 Å². The molecule has 0 spiro atoms. The highest BCUT2D eigenvalue weighted by atomic mass is 32.2. The van der Waals surface area contributed by atoms with Crippen LogP contribution in [0.5, 0.6) is 0 Å². The first-order valence-electron chi connectivity index (χ1n) is 7.09. The molecule has 1 rings (SSSR count). The third kappa shape index (κ3) is 4.96. The maximum Gasteiger partial charge on any atom is 0.302 e. The van der Waals surface area contributed by atoms with Crippen LogP contribution in [0.1, 0.15) is 45.1 Å². The van der Waals surface area contributed by atoms with Gasteiger partial charge >= 0.3 is 5.97 Å². The fraction of sp³-hybridized carbons (Fsp3) is 0.643. The van der Waals surface area contributed by atoms with Gasteiger partial charge in [-0.05, 0) is 31.0 Å². The molecule has 0 saturated heterocycles. The van der Waals surface area contributed by atoms with Gasteiger partial charge in [0.25, 0.3) is 5.56 Å². The summed E-state index contributed by atoms with van der Waals surface area (Å²) in [6.07, 6.45) is 2.92. The van der Waals surface area contributed by atoms with Gasteiger partial charge in [-0.1, -0.05) is 13.8 Å². The summed E-state index contributed by atoms with van der Waals surface area (Å²) in [6.45, 7) is 5.99. The first-order chi connectivity index (χ1) is 10.3. The molecule has 0 amide bonds. The zero-order valence-corrected chi connectivity index (χ0v) is 14.9. The van der Waals surface area contributed by atoms with Gasteiger partial charge in [-0.15, -0.1) is 0 Å². The van der Waals surface area contributed by atoms with Crippen molar-refractivity contribution in [1.29, 1.82) is 0 Å². The molecule has 22 heavy (non-hydrogen) atoms. The van der Waals surface area contributed by atoms with Crippen LogP contribution in [-0.4, -0.2) is 32.9 Å². The van der Waals surface area contributed by atoms with Crippen LogP contribution >= 0.6 is 12.2 Å². The molecular formula is C14H22N2O4S2. The number of nitrogens with zero attached hydrogens (tertiary/aromatic N) is 1. The molecule has 6 nitrogen and oxygen atoms in total. The van der Waals surface area contributed by atoms with Crippen LogP contribution in [0.4, 0.5) is 0 Å². The van der Waals surface area contributed by atoms with E-state index in [4.69, 9.17) is 17.0 Å². The highest BCUT2D eigenvalue weighted by Gasteiger charge is 2.23. The molecule has 1 atom stereocenters. The number of hydrogen-bond acceptors (Lipinski definition) is 5. The maximum atomic E-state index is 12.1. The minimum absolute atomic E-state index is 0.0504. The number of H-pyrrole nitrogens is 1. The van der Waals surface area contributed by atoms with Crippen molar-refractivity contribution in [2.24, 2.45) is 0 Å². The van der Waals surface area contributed by atoms with Crippen molar-refractivity contribution in [3.63, 3.8) is 0 Å². The van der Waals surface area contributed by atoms with E-state index in [0.717, 1.165) is 0 Å².